The van der Waals surface area contributed by atoms with Crippen LogP contribution in [-0.4, -0.2) is 30.8 Å². The molecular weight excluding hydrogens is 267 g/mol. The van der Waals surface area contributed by atoms with Gasteiger partial charge in [-0.15, -0.1) is 0 Å². The van der Waals surface area contributed by atoms with Crippen LogP contribution >= 0.6 is 0 Å². The molecule has 1 aliphatic rings. The Morgan fingerprint density at radius 3 is 2.79 bits per heavy atom. The van der Waals surface area contributed by atoms with E-state index in [0.717, 1.165) is 31.7 Å². The van der Waals surface area contributed by atoms with Crippen LogP contribution in [0.15, 0.2) is 23.4 Å². The summed E-state index contributed by atoms with van der Waals surface area (Å²) >= 11 is 0. The topological polar surface area (TPSA) is 50.3 Å². The summed E-state index contributed by atoms with van der Waals surface area (Å²) in [6.45, 7) is 2.12. The van der Waals surface area contributed by atoms with Crippen LogP contribution in [-0.2, 0) is 10.0 Å². The monoisotopic (exact) mass is 286 g/mol. The molecule has 0 bridgehead atoms. The van der Waals surface area contributed by atoms with E-state index in [-0.39, 0.29) is 6.04 Å². The lowest BCUT2D eigenvalue weighted by Gasteiger charge is -2.33. The van der Waals surface area contributed by atoms with Crippen LogP contribution in [0.1, 0.15) is 32.6 Å². The second-order valence-corrected chi connectivity index (χ2v) is 7.15. The molecular formula is C13H19FN2O2S. The first-order chi connectivity index (χ1) is 8.93. The maximum Gasteiger partial charge on any atom is 0.263 e. The number of rotatable bonds is 3. The number of halogens is 1. The minimum atomic E-state index is -3.85. The Bertz CT molecular complexity index is 547. The van der Waals surface area contributed by atoms with Gasteiger partial charge in [-0.25, -0.2) is 17.8 Å². The summed E-state index contributed by atoms with van der Waals surface area (Å²) in [4.78, 5) is 3.68. The van der Waals surface area contributed by atoms with Gasteiger partial charge in [-0.3, -0.25) is 0 Å². The molecule has 2 rings (SSSR count). The van der Waals surface area contributed by atoms with Crippen molar-refractivity contribution in [3.05, 3.63) is 24.1 Å². The average molecular weight is 286 g/mol. The predicted octanol–water partition coefficient (Wildman–Crippen LogP) is 2.42. The van der Waals surface area contributed by atoms with E-state index in [1.54, 1.807) is 0 Å². The zero-order valence-electron chi connectivity index (χ0n) is 11.2. The zero-order chi connectivity index (χ0) is 14.0. The molecule has 0 aliphatic heterocycles. The van der Waals surface area contributed by atoms with Gasteiger partial charge in [0.2, 0.25) is 5.03 Å². The largest absolute Gasteiger partial charge is 0.263 e. The van der Waals surface area contributed by atoms with Crippen LogP contribution in [0.2, 0.25) is 0 Å². The fourth-order valence-electron chi connectivity index (χ4n) is 2.63. The van der Waals surface area contributed by atoms with E-state index in [4.69, 9.17) is 0 Å². The molecule has 4 nitrogen and oxygen atoms in total. The fourth-order valence-corrected chi connectivity index (χ4v) is 3.99. The van der Waals surface area contributed by atoms with Gasteiger partial charge in [-0.2, -0.15) is 4.31 Å². The minimum absolute atomic E-state index is 0.0600. The predicted molar refractivity (Wildman–Crippen MR) is 70.6 cm³/mol. The van der Waals surface area contributed by atoms with Crippen molar-refractivity contribution in [1.82, 2.24) is 9.29 Å². The van der Waals surface area contributed by atoms with Crippen LogP contribution in [0.25, 0.3) is 0 Å². The first kappa shape index (κ1) is 14.4. The maximum atomic E-state index is 13.6. The average Bonchev–Trinajstić information content (AvgIpc) is 2.38. The third kappa shape index (κ3) is 2.95. The molecule has 0 radical (unpaired) electrons. The second-order valence-electron chi connectivity index (χ2n) is 5.24. The highest BCUT2D eigenvalue weighted by Crippen LogP contribution is 2.29. The SMILES string of the molecule is CC1CCCC(N(C)S(=O)(=O)c2ncccc2F)C1. The van der Waals surface area contributed by atoms with Crippen molar-refractivity contribution in [2.75, 3.05) is 7.05 Å². The van der Waals surface area contributed by atoms with Crippen LogP contribution in [0.5, 0.6) is 0 Å². The van der Waals surface area contributed by atoms with E-state index in [0.29, 0.717) is 5.92 Å². The van der Waals surface area contributed by atoms with E-state index in [9.17, 15) is 12.8 Å². The zero-order valence-corrected chi connectivity index (χ0v) is 12.0. The Kier molecular flexibility index (Phi) is 4.20. The molecule has 0 saturated heterocycles. The molecule has 1 aromatic heterocycles. The van der Waals surface area contributed by atoms with Gasteiger partial charge < -0.3 is 0 Å². The molecule has 1 fully saturated rings. The summed E-state index contributed by atoms with van der Waals surface area (Å²) in [5.74, 6) is -0.289. The summed E-state index contributed by atoms with van der Waals surface area (Å²) < 4.78 is 39.7. The van der Waals surface area contributed by atoms with E-state index in [1.165, 1.54) is 23.6 Å². The van der Waals surface area contributed by atoms with Gasteiger partial charge in [0.1, 0.15) is 0 Å². The van der Waals surface area contributed by atoms with Gasteiger partial charge in [0.25, 0.3) is 10.0 Å². The second kappa shape index (κ2) is 5.54. The Labute approximate surface area is 113 Å². The summed E-state index contributed by atoms with van der Waals surface area (Å²) in [6, 6.07) is 2.45. The van der Waals surface area contributed by atoms with Crippen molar-refractivity contribution in [2.45, 2.75) is 43.7 Å². The molecule has 1 aliphatic carbocycles. The molecule has 0 aromatic carbocycles. The first-order valence-electron chi connectivity index (χ1n) is 6.51. The quantitative estimate of drug-likeness (QED) is 0.857. The van der Waals surface area contributed by atoms with Gasteiger partial charge >= 0.3 is 0 Å². The highest BCUT2D eigenvalue weighted by Gasteiger charge is 2.33. The molecule has 1 saturated carbocycles. The van der Waals surface area contributed by atoms with Crippen molar-refractivity contribution in [3.63, 3.8) is 0 Å². The minimum Gasteiger partial charge on any atom is -0.241 e. The van der Waals surface area contributed by atoms with Crippen LogP contribution in [0, 0.1) is 11.7 Å². The summed E-state index contributed by atoms with van der Waals surface area (Å²) in [5, 5.41) is -0.476. The summed E-state index contributed by atoms with van der Waals surface area (Å²) in [7, 11) is -2.33. The number of hydrogen-bond donors (Lipinski definition) is 0. The van der Waals surface area contributed by atoms with Crippen molar-refractivity contribution < 1.29 is 12.8 Å². The molecule has 0 N–H and O–H groups in total. The van der Waals surface area contributed by atoms with Crippen molar-refractivity contribution in [2.24, 2.45) is 5.92 Å². The Hall–Kier alpha value is -1.01. The highest BCUT2D eigenvalue weighted by atomic mass is 32.2. The van der Waals surface area contributed by atoms with Gasteiger partial charge in [-0.05, 0) is 30.9 Å². The molecule has 6 heteroatoms. The number of sulfonamides is 1. The normalized spacial score (nSPS) is 24.6. The third-order valence-electron chi connectivity index (χ3n) is 3.77. The van der Waals surface area contributed by atoms with E-state index < -0.39 is 20.9 Å². The van der Waals surface area contributed by atoms with E-state index in [1.807, 2.05) is 0 Å². The number of pyridine rings is 1. The molecule has 0 amide bonds. The van der Waals surface area contributed by atoms with E-state index >= 15 is 0 Å². The van der Waals surface area contributed by atoms with Gasteiger partial charge in [0.05, 0.1) is 0 Å². The maximum absolute atomic E-state index is 13.6. The molecule has 1 heterocycles. The third-order valence-corrected chi connectivity index (χ3v) is 5.62. The Morgan fingerprint density at radius 2 is 2.16 bits per heavy atom. The lowest BCUT2D eigenvalue weighted by molar-refractivity contribution is 0.238. The van der Waals surface area contributed by atoms with E-state index in [2.05, 4.69) is 11.9 Å². The summed E-state index contributed by atoms with van der Waals surface area (Å²) in [5.41, 5.74) is 0. The van der Waals surface area contributed by atoms with Gasteiger partial charge in [0.15, 0.2) is 5.82 Å². The molecule has 19 heavy (non-hydrogen) atoms. The highest BCUT2D eigenvalue weighted by molar-refractivity contribution is 7.89. The molecule has 1 aromatic rings. The van der Waals surface area contributed by atoms with Crippen molar-refractivity contribution in [3.8, 4) is 0 Å². The lowest BCUT2D eigenvalue weighted by Crippen LogP contribution is -2.40. The number of nitrogens with zero attached hydrogens (tertiary/aromatic N) is 2. The van der Waals surface area contributed by atoms with Gasteiger partial charge in [0, 0.05) is 19.3 Å². The first-order valence-corrected chi connectivity index (χ1v) is 7.95. The Balaban J connectivity index is 2.27. The number of hydrogen-bond acceptors (Lipinski definition) is 3. The standard InChI is InChI=1S/C13H19FN2O2S/c1-10-5-3-6-11(9-10)16(2)19(17,18)13-12(14)7-4-8-15-13/h4,7-8,10-11H,3,5-6,9H2,1-2H3. The molecule has 0 spiro atoms. The fraction of sp³-hybridized carbons (Fsp3) is 0.615. The van der Waals surface area contributed by atoms with Crippen molar-refractivity contribution >= 4 is 10.0 Å². The number of aromatic nitrogens is 1. The van der Waals surface area contributed by atoms with Crippen molar-refractivity contribution in [1.29, 1.82) is 0 Å². The molecule has 106 valence electrons. The van der Waals surface area contributed by atoms with Crippen LogP contribution < -0.4 is 0 Å². The van der Waals surface area contributed by atoms with Gasteiger partial charge in [-0.1, -0.05) is 19.8 Å². The summed E-state index contributed by atoms with van der Waals surface area (Å²) in [6.07, 6.45) is 5.09. The van der Waals surface area contributed by atoms with Crippen LogP contribution in [0.3, 0.4) is 0 Å². The Morgan fingerprint density at radius 1 is 1.42 bits per heavy atom. The lowest BCUT2D eigenvalue weighted by atomic mass is 9.87. The smallest absolute Gasteiger partial charge is 0.241 e. The molecule has 2 atom stereocenters. The molecule has 2 unspecified atom stereocenters. The van der Waals surface area contributed by atoms with Crippen LogP contribution in [0.4, 0.5) is 4.39 Å².